The summed E-state index contributed by atoms with van der Waals surface area (Å²) in [6.45, 7) is -4.78. The van der Waals surface area contributed by atoms with Gasteiger partial charge in [0.15, 0.2) is 11.2 Å². The molecule has 2 heterocycles. The number of ketones is 1. The lowest BCUT2D eigenvalue weighted by Gasteiger charge is -2.08. The zero-order valence-electron chi connectivity index (χ0n) is 19.8. The van der Waals surface area contributed by atoms with Gasteiger partial charge in [0, 0.05) is 39.3 Å². The number of Topliss-reactive ketones (excluding diaryl/α,β-unsaturated/α-hetero) is 1. The molecule has 20 heavy (non-hydrogen) atoms. The van der Waals surface area contributed by atoms with Gasteiger partial charge in [0.25, 0.3) is 5.56 Å². The number of fused-ring (bicyclic) bond motifs is 1. The van der Waals surface area contributed by atoms with Crippen molar-refractivity contribution in [3.05, 3.63) is 27.2 Å². The molecule has 2 rings (SSSR count). The minimum absolute atomic E-state index is 0.00947. The Labute approximate surface area is 128 Å². The predicted octanol–water partition coefficient (Wildman–Crippen LogP) is 0.193. The van der Waals surface area contributed by atoms with Crippen molar-refractivity contribution in [1.29, 1.82) is 0 Å². The number of hydrogen-bond acceptors (Lipinski definition) is 4. The smallest absolute Gasteiger partial charge is 0.328 e. The Bertz CT molecular complexity index is 1090. The van der Waals surface area contributed by atoms with Gasteiger partial charge in [-0.2, -0.15) is 0 Å². The molecule has 7 heteroatoms. The van der Waals surface area contributed by atoms with E-state index in [-0.39, 0.29) is 11.2 Å². The van der Waals surface area contributed by atoms with Crippen LogP contribution in [0.25, 0.3) is 11.2 Å². The molecule has 0 fully saturated rings. The topological polar surface area (TPSA) is 78.9 Å². The quantitative estimate of drug-likeness (QED) is 0.786. The second-order valence-electron chi connectivity index (χ2n) is 4.02. The van der Waals surface area contributed by atoms with Crippen molar-refractivity contribution in [2.75, 3.05) is 0 Å². The number of rotatable bonds is 5. The van der Waals surface area contributed by atoms with Gasteiger partial charge < -0.3 is 9.36 Å². The lowest BCUT2D eigenvalue weighted by Crippen LogP contribution is -2.39. The fraction of sp³-hybridized carbons (Fsp3) is 0.538. The molecule has 0 N–H and O–H groups in total. The molecule has 2 aromatic heterocycles. The minimum atomic E-state index is -3.77. The van der Waals surface area contributed by atoms with E-state index in [0.29, 0.717) is 4.57 Å². The zero-order chi connectivity index (χ0) is 22.7. The highest BCUT2D eigenvalue weighted by atomic mass is 16.2. The van der Waals surface area contributed by atoms with Crippen molar-refractivity contribution < 1.29 is 17.1 Å². The molecule has 108 valence electrons. The van der Waals surface area contributed by atoms with E-state index in [2.05, 4.69) is 4.98 Å². The summed E-state index contributed by atoms with van der Waals surface area (Å²) < 4.78 is 70.7. The summed E-state index contributed by atoms with van der Waals surface area (Å²) in [6.07, 6.45) is -9.54. The maximum absolute atomic E-state index is 12.7. The highest BCUT2D eigenvalue weighted by molar-refractivity contribution is 5.75. The first kappa shape index (κ1) is 6.51. The van der Waals surface area contributed by atoms with Crippen LogP contribution >= 0.6 is 0 Å². The second-order valence-corrected chi connectivity index (χ2v) is 4.02. The van der Waals surface area contributed by atoms with Gasteiger partial charge in [-0.25, -0.2) is 9.78 Å². The molecule has 0 unspecified atom stereocenters. The molecule has 0 amide bonds. The van der Waals surface area contributed by atoms with Crippen LogP contribution in [0.3, 0.4) is 0 Å². The minimum Gasteiger partial charge on any atom is -0.328 e. The van der Waals surface area contributed by atoms with Gasteiger partial charge in [0.05, 0.1) is 6.33 Å². The van der Waals surface area contributed by atoms with E-state index in [1.54, 1.807) is 0 Å². The molecular weight excluding hydrogens is 260 g/mol. The van der Waals surface area contributed by atoms with Crippen molar-refractivity contribution in [2.45, 2.75) is 32.5 Å². The average Bonchev–Trinajstić information content (AvgIpc) is 2.96. The molecule has 0 spiro atoms. The third-order valence-electron chi connectivity index (χ3n) is 2.70. The maximum atomic E-state index is 12.7. The Balaban J connectivity index is 2.64. The van der Waals surface area contributed by atoms with Gasteiger partial charge in [-0.05, 0) is 19.6 Å². The number of carbonyl (C=O) groups is 1. The van der Waals surface area contributed by atoms with E-state index in [0.717, 1.165) is 4.57 Å². The second kappa shape index (κ2) is 5.44. The molecule has 0 saturated carbocycles. The van der Waals surface area contributed by atoms with Crippen LogP contribution < -0.4 is 11.2 Å². The third kappa shape index (κ3) is 2.43. The van der Waals surface area contributed by atoms with Crippen LogP contribution in [0.2, 0.25) is 0 Å². The maximum Gasteiger partial charge on any atom is 0.332 e. The molecule has 0 saturated heterocycles. The van der Waals surface area contributed by atoms with Crippen LogP contribution in [0.5, 0.6) is 0 Å². The number of aryl methyl sites for hydroxylation is 2. The molecule has 0 aliphatic carbocycles. The van der Waals surface area contributed by atoms with E-state index in [4.69, 9.17) is 12.3 Å². The van der Waals surface area contributed by atoms with E-state index in [9.17, 15) is 14.4 Å². The summed E-state index contributed by atoms with van der Waals surface area (Å²) in [6, 6.07) is 0. The first-order valence-electron chi connectivity index (χ1n) is 10.0. The summed E-state index contributed by atoms with van der Waals surface area (Å²) in [7, 11) is 2.71. The molecule has 0 bridgehead atoms. The standard InChI is InChI=1S/C13H18N4O3/c1-9(18)6-4-5-7-17-12(19)10-11(14-8-15(10)2)16(3)13(17)20/h8H,4-7H2,1-3H3/i1D3,4D2,5D2,6D2. The zero-order valence-corrected chi connectivity index (χ0v) is 10.8. The van der Waals surface area contributed by atoms with Crippen molar-refractivity contribution in [3.8, 4) is 0 Å². The normalized spacial score (nSPS) is 20.6. The van der Waals surface area contributed by atoms with Crippen LogP contribution in [-0.2, 0) is 25.4 Å². The van der Waals surface area contributed by atoms with Gasteiger partial charge in [-0.3, -0.25) is 13.9 Å². The molecule has 0 aromatic carbocycles. The third-order valence-corrected chi connectivity index (χ3v) is 2.70. The van der Waals surface area contributed by atoms with Crippen LogP contribution in [0.1, 0.15) is 38.3 Å². The molecule has 0 aliphatic heterocycles. The lowest BCUT2D eigenvalue weighted by atomic mass is 10.2. The lowest BCUT2D eigenvalue weighted by molar-refractivity contribution is -0.117. The molecule has 7 nitrogen and oxygen atoms in total. The van der Waals surface area contributed by atoms with E-state index in [1.165, 1.54) is 25.0 Å². The van der Waals surface area contributed by atoms with Crippen LogP contribution in [0.4, 0.5) is 0 Å². The fourth-order valence-corrected chi connectivity index (χ4v) is 1.76. The first-order valence-corrected chi connectivity index (χ1v) is 5.53. The van der Waals surface area contributed by atoms with Gasteiger partial charge in [0.1, 0.15) is 5.78 Å². The molecule has 0 radical (unpaired) electrons. The Morgan fingerprint density at radius 3 is 2.85 bits per heavy atom. The number of nitrogens with zero attached hydrogens (tertiary/aromatic N) is 4. The summed E-state index contributed by atoms with van der Waals surface area (Å²) >= 11 is 0. The van der Waals surface area contributed by atoms with Crippen molar-refractivity contribution in [3.63, 3.8) is 0 Å². The van der Waals surface area contributed by atoms with Crippen LogP contribution in [0, 0.1) is 0 Å². The highest BCUT2D eigenvalue weighted by Crippen LogP contribution is 2.04. The van der Waals surface area contributed by atoms with E-state index in [1.807, 2.05) is 0 Å². The summed E-state index contributed by atoms with van der Waals surface area (Å²) in [5.74, 6) is -2.12. The van der Waals surface area contributed by atoms with Gasteiger partial charge >= 0.3 is 5.69 Å². The first-order chi connectivity index (χ1) is 12.9. The monoisotopic (exact) mass is 287 g/mol. The number of aromatic nitrogens is 4. The van der Waals surface area contributed by atoms with Gasteiger partial charge in [0.2, 0.25) is 0 Å². The Kier molecular flexibility index (Phi) is 1.77. The molecule has 0 aliphatic rings. The number of hydrogen-bond donors (Lipinski definition) is 0. The summed E-state index contributed by atoms with van der Waals surface area (Å²) in [5, 5.41) is 0. The van der Waals surface area contributed by atoms with E-state index < -0.39 is 49.5 Å². The molecule has 0 atom stereocenters. The number of imidazole rings is 1. The van der Waals surface area contributed by atoms with Gasteiger partial charge in [-0.15, -0.1) is 0 Å². The largest absolute Gasteiger partial charge is 0.332 e. The van der Waals surface area contributed by atoms with Crippen molar-refractivity contribution >= 4 is 16.9 Å². The fourth-order valence-electron chi connectivity index (χ4n) is 1.76. The highest BCUT2D eigenvalue weighted by Gasteiger charge is 2.14. The molecule has 2 aromatic rings. The van der Waals surface area contributed by atoms with Crippen LogP contribution in [-0.4, -0.2) is 24.5 Å². The van der Waals surface area contributed by atoms with Crippen LogP contribution in [0.15, 0.2) is 15.9 Å². The summed E-state index contributed by atoms with van der Waals surface area (Å²) in [4.78, 5) is 41.0. The van der Waals surface area contributed by atoms with Crippen molar-refractivity contribution in [1.82, 2.24) is 18.7 Å². The molecular formula is C13H18N4O3. The SMILES string of the molecule is [2H]C([2H])([2H])C(=O)C([2H])([2H])C([2H])([2H])C([2H])([2H])Cn1c(=O)c2c(ncn2C)n(C)c1=O. The Morgan fingerprint density at radius 1 is 1.40 bits per heavy atom. The van der Waals surface area contributed by atoms with Gasteiger partial charge in [-0.1, -0.05) is 0 Å². The van der Waals surface area contributed by atoms with Crippen molar-refractivity contribution in [2.24, 2.45) is 14.1 Å². The number of carbonyl (C=O) groups excluding carboxylic acids is 1. The Morgan fingerprint density at radius 2 is 2.15 bits per heavy atom. The average molecular weight is 287 g/mol. The van der Waals surface area contributed by atoms with E-state index >= 15 is 0 Å². The predicted molar refractivity (Wildman–Crippen MR) is 74.7 cm³/mol. The Hall–Kier alpha value is -2.18. The summed E-state index contributed by atoms with van der Waals surface area (Å²) in [5.41, 5.74) is -2.10.